The highest BCUT2D eigenvalue weighted by molar-refractivity contribution is 5.66. The first-order valence-corrected chi connectivity index (χ1v) is 4.03. The highest BCUT2D eigenvalue weighted by Crippen LogP contribution is 2.25. The molecule has 0 aliphatic heterocycles. The molecular formula is C9H20O3. The third kappa shape index (κ3) is 9.43. The van der Waals surface area contributed by atoms with E-state index in [1.165, 1.54) is 0 Å². The lowest BCUT2D eigenvalue weighted by molar-refractivity contribution is -0.138. The summed E-state index contributed by atoms with van der Waals surface area (Å²) in [5.74, 6) is -0.408. The topological polar surface area (TPSA) is 68.8 Å². The molecule has 3 nitrogen and oxygen atoms in total. The lowest BCUT2D eigenvalue weighted by atomic mass is 9.84. The molecule has 74 valence electrons. The monoisotopic (exact) mass is 176 g/mol. The number of hydrogen-bond donors (Lipinski definition) is 1. The predicted octanol–water partition coefficient (Wildman–Crippen LogP) is 1.71. The van der Waals surface area contributed by atoms with Crippen molar-refractivity contribution in [1.29, 1.82) is 0 Å². The number of aliphatic carboxylic acids is 1. The molecule has 0 rings (SSSR count). The van der Waals surface area contributed by atoms with Crippen molar-refractivity contribution in [2.24, 2.45) is 11.3 Å². The van der Waals surface area contributed by atoms with Crippen molar-refractivity contribution in [2.45, 2.75) is 40.5 Å². The molecule has 0 aromatic carbocycles. The van der Waals surface area contributed by atoms with Crippen LogP contribution in [0.1, 0.15) is 40.5 Å². The number of rotatable bonds is 3. The van der Waals surface area contributed by atoms with E-state index >= 15 is 0 Å². The highest BCUT2D eigenvalue weighted by atomic mass is 16.4. The number of carbonyl (C=O) groups is 1. The van der Waals surface area contributed by atoms with Crippen molar-refractivity contribution in [3.05, 3.63) is 0 Å². The van der Waals surface area contributed by atoms with Gasteiger partial charge >= 0.3 is 5.97 Å². The van der Waals surface area contributed by atoms with Gasteiger partial charge in [0.25, 0.3) is 0 Å². The average Bonchev–Trinajstić information content (AvgIpc) is 1.53. The second kappa shape index (κ2) is 5.14. The van der Waals surface area contributed by atoms with Crippen LogP contribution in [0.4, 0.5) is 0 Å². The Morgan fingerprint density at radius 3 is 2.08 bits per heavy atom. The van der Waals surface area contributed by atoms with Crippen molar-refractivity contribution in [3.8, 4) is 0 Å². The quantitative estimate of drug-likeness (QED) is 0.711. The van der Waals surface area contributed by atoms with Crippen LogP contribution < -0.4 is 0 Å². The van der Waals surface area contributed by atoms with Gasteiger partial charge in [-0.3, -0.25) is 4.79 Å². The fourth-order valence-electron chi connectivity index (χ4n) is 1.42. The van der Waals surface area contributed by atoms with E-state index in [9.17, 15) is 4.79 Å². The predicted molar refractivity (Wildman–Crippen MR) is 49.1 cm³/mol. The van der Waals surface area contributed by atoms with Crippen molar-refractivity contribution < 1.29 is 15.4 Å². The summed E-state index contributed by atoms with van der Waals surface area (Å²) in [5, 5.41) is 8.48. The van der Waals surface area contributed by atoms with Gasteiger partial charge in [-0.2, -0.15) is 0 Å². The summed E-state index contributed by atoms with van der Waals surface area (Å²) in [6.45, 7) is 8.38. The molecule has 0 aromatic rings. The van der Waals surface area contributed by atoms with Gasteiger partial charge in [0.2, 0.25) is 0 Å². The Kier molecular flexibility index (Phi) is 5.99. The van der Waals surface area contributed by atoms with E-state index in [2.05, 4.69) is 20.8 Å². The van der Waals surface area contributed by atoms with Crippen LogP contribution >= 0.6 is 0 Å². The van der Waals surface area contributed by atoms with E-state index < -0.39 is 5.97 Å². The van der Waals surface area contributed by atoms with Gasteiger partial charge in [0.15, 0.2) is 0 Å². The maximum Gasteiger partial charge on any atom is 0.303 e. The normalized spacial score (nSPS) is 13.3. The maximum atomic E-state index is 10.3. The minimum Gasteiger partial charge on any atom is -0.481 e. The van der Waals surface area contributed by atoms with Crippen molar-refractivity contribution in [3.63, 3.8) is 0 Å². The smallest absolute Gasteiger partial charge is 0.303 e. The minimum atomic E-state index is -0.693. The first kappa shape index (κ1) is 14.0. The van der Waals surface area contributed by atoms with Crippen LogP contribution in [0.15, 0.2) is 0 Å². The molecule has 0 aliphatic rings. The number of carboxylic acids is 1. The van der Waals surface area contributed by atoms with Crippen molar-refractivity contribution in [2.75, 3.05) is 0 Å². The third-order valence-electron chi connectivity index (χ3n) is 1.48. The first-order chi connectivity index (χ1) is 4.81. The molecule has 0 bridgehead atoms. The fourth-order valence-corrected chi connectivity index (χ4v) is 1.42. The van der Waals surface area contributed by atoms with E-state index in [4.69, 9.17) is 5.11 Å². The molecule has 0 saturated carbocycles. The van der Waals surface area contributed by atoms with E-state index in [0.717, 1.165) is 6.42 Å². The van der Waals surface area contributed by atoms with E-state index in [1.54, 1.807) is 0 Å². The molecule has 12 heavy (non-hydrogen) atoms. The molecule has 0 spiro atoms. The van der Waals surface area contributed by atoms with Crippen LogP contribution in [0.5, 0.6) is 0 Å². The van der Waals surface area contributed by atoms with Crippen LogP contribution in [0, 0.1) is 11.3 Å². The first-order valence-electron chi connectivity index (χ1n) is 4.03. The SMILES string of the molecule is CC(CC(=O)O)CC(C)(C)C.O. The maximum absolute atomic E-state index is 10.3. The molecule has 0 saturated heterocycles. The summed E-state index contributed by atoms with van der Waals surface area (Å²) < 4.78 is 0. The molecule has 3 N–H and O–H groups in total. The summed E-state index contributed by atoms with van der Waals surface area (Å²) in [6, 6.07) is 0. The zero-order valence-corrected chi connectivity index (χ0v) is 8.35. The van der Waals surface area contributed by atoms with Gasteiger partial charge in [0.1, 0.15) is 0 Å². The van der Waals surface area contributed by atoms with Gasteiger partial charge < -0.3 is 10.6 Å². The zero-order valence-electron chi connectivity index (χ0n) is 8.35. The van der Waals surface area contributed by atoms with Crippen LogP contribution in [-0.4, -0.2) is 16.6 Å². The van der Waals surface area contributed by atoms with E-state index in [-0.39, 0.29) is 23.2 Å². The Hall–Kier alpha value is -0.570. The Balaban J connectivity index is 0. The second-order valence-corrected chi connectivity index (χ2v) is 4.47. The lowest BCUT2D eigenvalue weighted by Crippen LogP contribution is -2.13. The Morgan fingerprint density at radius 1 is 1.42 bits per heavy atom. The standard InChI is InChI=1S/C9H18O2.H2O/c1-7(5-8(10)11)6-9(2,3)4;/h7H,5-6H2,1-4H3,(H,10,11);1H2. The summed E-state index contributed by atoms with van der Waals surface area (Å²) in [4.78, 5) is 10.3. The minimum absolute atomic E-state index is 0. The second-order valence-electron chi connectivity index (χ2n) is 4.47. The number of carboxylic acid groups (broad SMARTS) is 1. The number of hydrogen-bond acceptors (Lipinski definition) is 1. The molecule has 1 unspecified atom stereocenters. The molecule has 0 heterocycles. The van der Waals surface area contributed by atoms with Crippen LogP contribution in [0.2, 0.25) is 0 Å². The fraction of sp³-hybridized carbons (Fsp3) is 0.889. The van der Waals surface area contributed by atoms with Crippen LogP contribution in [-0.2, 0) is 4.79 Å². The highest BCUT2D eigenvalue weighted by Gasteiger charge is 2.16. The van der Waals surface area contributed by atoms with Crippen LogP contribution in [0.3, 0.4) is 0 Å². The Bertz CT molecular complexity index is 135. The summed E-state index contributed by atoms with van der Waals surface area (Å²) >= 11 is 0. The molecule has 0 fully saturated rings. The molecule has 0 amide bonds. The Labute approximate surface area is 74.1 Å². The Morgan fingerprint density at radius 2 is 1.83 bits per heavy atom. The van der Waals surface area contributed by atoms with Gasteiger partial charge in [-0.1, -0.05) is 27.7 Å². The molecule has 3 heteroatoms. The average molecular weight is 176 g/mol. The summed E-state index contributed by atoms with van der Waals surface area (Å²) in [7, 11) is 0. The zero-order chi connectivity index (χ0) is 9.07. The molecule has 1 atom stereocenters. The van der Waals surface area contributed by atoms with Gasteiger partial charge in [-0.05, 0) is 17.8 Å². The van der Waals surface area contributed by atoms with E-state index in [0.29, 0.717) is 0 Å². The van der Waals surface area contributed by atoms with Crippen LogP contribution in [0.25, 0.3) is 0 Å². The van der Waals surface area contributed by atoms with E-state index in [1.807, 2.05) is 6.92 Å². The van der Waals surface area contributed by atoms with Crippen molar-refractivity contribution >= 4 is 5.97 Å². The van der Waals surface area contributed by atoms with Gasteiger partial charge in [0.05, 0.1) is 0 Å². The largest absolute Gasteiger partial charge is 0.481 e. The molecular weight excluding hydrogens is 156 g/mol. The summed E-state index contributed by atoms with van der Waals surface area (Å²) in [6.07, 6.45) is 1.26. The molecule has 0 aliphatic carbocycles. The van der Waals surface area contributed by atoms with Crippen molar-refractivity contribution in [1.82, 2.24) is 0 Å². The van der Waals surface area contributed by atoms with Gasteiger partial charge in [0, 0.05) is 6.42 Å². The summed E-state index contributed by atoms with van der Waals surface area (Å²) in [5.41, 5.74) is 0.245. The third-order valence-corrected chi connectivity index (χ3v) is 1.48. The lowest BCUT2D eigenvalue weighted by Gasteiger charge is -2.21. The van der Waals surface area contributed by atoms with Gasteiger partial charge in [-0.25, -0.2) is 0 Å². The molecule has 0 radical (unpaired) electrons. The molecule has 0 aromatic heterocycles. The van der Waals surface area contributed by atoms with Gasteiger partial charge in [-0.15, -0.1) is 0 Å².